The zero-order valence-electron chi connectivity index (χ0n) is 8.31. The molecular weight excluding hydrogens is 202 g/mol. The molecule has 2 nitrogen and oxygen atoms in total. The molecule has 78 valence electrons. The van der Waals surface area contributed by atoms with Crippen LogP contribution in [-0.2, 0) is 0 Å². The van der Waals surface area contributed by atoms with Crippen molar-refractivity contribution in [3.63, 3.8) is 0 Å². The largest absolute Gasteiger partial charge is 0.392 e. The molecule has 0 amide bonds. The summed E-state index contributed by atoms with van der Waals surface area (Å²) in [7, 11) is 1.60. The summed E-state index contributed by atoms with van der Waals surface area (Å²) in [4.78, 5) is 2.36. The van der Waals surface area contributed by atoms with Gasteiger partial charge in [-0.3, -0.25) is 4.90 Å². The van der Waals surface area contributed by atoms with E-state index in [1.165, 1.54) is 0 Å². The average molecular weight is 221 g/mol. The van der Waals surface area contributed by atoms with E-state index in [4.69, 9.17) is 0 Å². The molecule has 0 aromatic heterocycles. The minimum Gasteiger partial charge on any atom is -0.392 e. The summed E-state index contributed by atoms with van der Waals surface area (Å²) in [6, 6.07) is 0.512. The summed E-state index contributed by atoms with van der Waals surface area (Å²) in [5.74, 6) is 0. The Balaban J connectivity index is 2.41. The highest BCUT2D eigenvalue weighted by Crippen LogP contribution is 2.23. The second-order valence-electron chi connectivity index (χ2n) is 3.84. The maximum absolute atomic E-state index is 9.52. The zero-order chi connectivity index (χ0) is 9.84. The van der Waals surface area contributed by atoms with Crippen molar-refractivity contribution in [3.8, 4) is 0 Å². The van der Waals surface area contributed by atoms with Crippen molar-refractivity contribution in [1.82, 2.24) is 4.90 Å². The summed E-state index contributed by atoms with van der Waals surface area (Å²) < 4.78 is 0. The van der Waals surface area contributed by atoms with Gasteiger partial charge in [0.25, 0.3) is 0 Å². The predicted molar refractivity (Wildman–Crippen MR) is 62.3 cm³/mol. The third kappa shape index (κ3) is 3.35. The lowest BCUT2D eigenvalue weighted by atomic mass is 10.1. The van der Waals surface area contributed by atoms with Crippen LogP contribution in [0, 0.1) is 0 Å². The van der Waals surface area contributed by atoms with Crippen molar-refractivity contribution in [2.75, 3.05) is 13.1 Å². The van der Waals surface area contributed by atoms with Gasteiger partial charge in [-0.05, 0) is 26.3 Å². The van der Waals surface area contributed by atoms with Gasteiger partial charge in [-0.25, -0.2) is 0 Å². The van der Waals surface area contributed by atoms with Crippen LogP contribution in [0.15, 0.2) is 0 Å². The van der Waals surface area contributed by atoms with Crippen LogP contribution in [0.4, 0.5) is 0 Å². The number of likely N-dealkylation sites (tertiary alicyclic amines) is 1. The van der Waals surface area contributed by atoms with E-state index in [1.807, 2.05) is 0 Å². The molecule has 0 aromatic carbocycles. The number of thiol groups is 1. The Morgan fingerprint density at radius 3 is 2.77 bits per heavy atom. The molecule has 1 rings (SSSR count). The van der Waals surface area contributed by atoms with Gasteiger partial charge < -0.3 is 5.11 Å². The number of hydrogen-bond acceptors (Lipinski definition) is 4. The number of piperidine rings is 1. The zero-order valence-corrected chi connectivity index (χ0v) is 10.0. The minimum atomic E-state index is -0.117. The van der Waals surface area contributed by atoms with Crippen molar-refractivity contribution < 1.29 is 5.11 Å². The molecule has 4 heteroatoms. The number of hydrogen-bond donors (Lipinski definition) is 2. The first kappa shape index (κ1) is 11.7. The van der Waals surface area contributed by atoms with Gasteiger partial charge in [0.2, 0.25) is 0 Å². The van der Waals surface area contributed by atoms with Gasteiger partial charge in [0.05, 0.1) is 6.10 Å². The van der Waals surface area contributed by atoms with Gasteiger partial charge in [0.15, 0.2) is 0 Å². The van der Waals surface area contributed by atoms with Gasteiger partial charge >= 0.3 is 0 Å². The van der Waals surface area contributed by atoms with Gasteiger partial charge in [-0.2, -0.15) is 0 Å². The van der Waals surface area contributed by atoms with Gasteiger partial charge in [0.1, 0.15) is 0 Å². The molecule has 13 heavy (non-hydrogen) atoms. The Kier molecular flexibility index (Phi) is 4.94. The normalized spacial score (nSPS) is 30.0. The van der Waals surface area contributed by atoms with E-state index in [9.17, 15) is 5.11 Å². The molecule has 1 heterocycles. The van der Waals surface area contributed by atoms with Crippen LogP contribution < -0.4 is 0 Å². The molecule has 1 aliphatic rings. The molecule has 0 radical (unpaired) electrons. The van der Waals surface area contributed by atoms with Crippen molar-refractivity contribution >= 4 is 22.5 Å². The van der Waals surface area contributed by atoms with Crippen LogP contribution in [0.3, 0.4) is 0 Å². The molecule has 1 fully saturated rings. The Bertz CT molecular complexity index is 157. The topological polar surface area (TPSA) is 23.5 Å². The lowest BCUT2D eigenvalue weighted by Crippen LogP contribution is -2.46. The molecule has 3 atom stereocenters. The predicted octanol–water partition coefficient (Wildman–Crippen LogP) is 1.80. The van der Waals surface area contributed by atoms with Crippen LogP contribution in [0.5, 0.6) is 0 Å². The van der Waals surface area contributed by atoms with E-state index in [1.54, 1.807) is 10.8 Å². The highest BCUT2D eigenvalue weighted by atomic mass is 33.1. The maximum atomic E-state index is 9.52. The first-order valence-electron chi connectivity index (χ1n) is 4.87. The van der Waals surface area contributed by atoms with Crippen molar-refractivity contribution in [2.24, 2.45) is 0 Å². The average Bonchev–Trinajstić information content (AvgIpc) is 2.15. The van der Waals surface area contributed by atoms with E-state index in [2.05, 4.69) is 30.4 Å². The standard InChI is InChI=1S/C9H19NOS2/c1-7(8(2)13-12)10-5-3-4-9(11)6-10/h7-9,11-12H,3-6H2,1-2H3/t7-,8?,9+/m1/s1. The monoisotopic (exact) mass is 221 g/mol. The fraction of sp³-hybridized carbons (Fsp3) is 1.00. The highest BCUT2D eigenvalue weighted by Gasteiger charge is 2.24. The molecular formula is C9H19NOS2. The quantitative estimate of drug-likeness (QED) is 0.561. The summed E-state index contributed by atoms with van der Waals surface area (Å²) in [5.41, 5.74) is 0. The Morgan fingerprint density at radius 1 is 1.54 bits per heavy atom. The fourth-order valence-electron chi connectivity index (χ4n) is 1.74. The Labute approximate surface area is 89.9 Å². The smallest absolute Gasteiger partial charge is 0.0667 e. The van der Waals surface area contributed by atoms with Crippen LogP contribution in [0.2, 0.25) is 0 Å². The van der Waals surface area contributed by atoms with E-state index in [-0.39, 0.29) is 6.10 Å². The summed E-state index contributed by atoms with van der Waals surface area (Å²) in [6.45, 7) is 6.35. The van der Waals surface area contributed by atoms with Crippen LogP contribution in [0.25, 0.3) is 0 Å². The first-order chi connectivity index (χ1) is 6.15. The van der Waals surface area contributed by atoms with Crippen molar-refractivity contribution in [2.45, 2.75) is 44.1 Å². The van der Waals surface area contributed by atoms with E-state index in [0.29, 0.717) is 11.3 Å². The first-order valence-corrected chi connectivity index (χ1v) is 6.80. The van der Waals surface area contributed by atoms with E-state index < -0.39 is 0 Å². The molecule has 0 spiro atoms. The number of rotatable bonds is 3. The van der Waals surface area contributed by atoms with E-state index >= 15 is 0 Å². The van der Waals surface area contributed by atoms with Gasteiger partial charge in [-0.1, -0.05) is 17.7 Å². The third-order valence-electron chi connectivity index (χ3n) is 2.85. The van der Waals surface area contributed by atoms with Gasteiger partial charge in [0, 0.05) is 17.8 Å². The maximum Gasteiger partial charge on any atom is 0.0667 e. The van der Waals surface area contributed by atoms with Crippen molar-refractivity contribution in [1.29, 1.82) is 0 Å². The summed E-state index contributed by atoms with van der Waals surface area (Å²) in [6.07, 6.45) is 1.97. The van der Waals surface area contributed by atoms with Crippen LogP contribution in [0.1, 0.15) is 26.7 Å². The summed E-state index contributed by atoms with van der Waals surface area (Å²) >= 11 is 4.22. The SMILES string of the molecule is CC(SS)[C@@H](C)N1CCC[C@H](O)C1. The highest BCUT2D eigenvalue weighted by molar-refractivity contribution is 8.68. The lowest BCUT2D eigenvalue weighted by Gasteiger charge is -2.36. The molecule has 1 saturated heterocycles. The third-order valence-corrected chi connectivity index (χ3v) is 4.57. The van der Waals surface area contributed by atoms with Crippen LogP contribution >= 0.6 is 22.5 Å². The number of aliphatic hydroxyl groups excluding tert-OH is 1. The molecule has 1 N–H and O–H groups in total. The molecule has 0 aliphatic carbocycles. The Morgan fingerprint density at radius 2 is 2.23 bits per heavy atom. The molecule has 0 bridgehead atoms. The van der Waals surface area contributed by atoms with Gasteiger partial charge in [-0.15, -0.1) is 11.7 Å². The fourth-order valence-corrected chi connectivity index (χ4v) is 2.61. The number of β-amino-alcohol motifs (C(OH)–C–C–N with tert-alkyl or cyclic N) is 1. The second kappa shape index (κ2) is 5.49. The Hall–Kier alpha value is 0.620. The minimum absolute atomic E-state index is 0.117. The molecule has 1 unspecified atom stereocenters. The van der Waals surface area contributed by atoms with E-state index in [0.717, 1.165) is 25.9 Å². The second-order valence-corrected chi connectivity index (χ2v) is 5.43. The lowest BCUT2D eigenvalue weighted by molar-refractivity contribution is 0.0511. The molecule has 1 aliphatic heterocycles. The summed E-state index contributed by atoms with van der Waals surface area (Å²) in [5, 5.41) is 10.0. The number of nitrogens with zero attached hydrogens (tertiary/aromatic N) is 1. The van der Waals surface area contributed by atoms with Crippen molar-refractivity contribution in [3.05, 3.63) is 0 Å². The molecule has 0 saturated carbocycles. The van der Waals surface area contributed by atoms with Crippen LogP contribution in [-0.4, -0.2) is 40.5 Å². The molecule has 0 aromatic rings. The number of aliphatic hydroxyl groups is 1.